The van der Waals surface area contributed by atoms with Gasteiger partial charge in [0.05, 0.1) is 6.61 Å². The van der Waals surface area contributed by atoms with Crippen LogP contribution in [0.15, 0.2) is 36.4 Å². The number of aliphatic hydroxyl groups excluding tert-OH is 2. The molecule has 0 aliphatic heterocycles. The highest BCUT2D eigenvalue weighted by Gasteiger charge is 2.25. The van der Waals surface area contributed by atoms with Crippen molar-refractivity contribution in [1.29, 1.82) is 0 Å². The van der Waals surface area contributed by atoms with E-state index < -0.39 is 6.10 Å². The second-order valence-corrected chi connectivity index (χ2v) is 6.75. The summed E-state index contributed by atoms with van der Waals surface area (Å²) in [7, 11) is 0. The maximum absolute atomic E-state index is 10.0. The minimum atomic E-state index is -0.893. The number of aromatic hydroxyl groups is 1. The monoisotopic (exact) mass is 330 g/mol. The number of aliphatic hydroxyl groups is 2. The molecule has 2 aromatic rings. The molecule has 2 aromatic carbocycles. The Balaban J connectivity index is 2.34. The van der Waals surface area contributed by atoms with Gasteiger partial charge in [-0.1, -0.05) is 38.1 Å². The van der Waals surface area contributed by atoms with Gasteiger partial charge in [0.25, 0.3) is 0 Å². The zero-order valence-electron chi connectivity index (χ0n) is 14.7. The van der Waals surface area contributed by atoms with E-state index in [1.165, 1.54) is 0 Å². The van der Waals surface area contributed by atoms with Gasteiger partial charge >= 0.3 is 0 Å². The Labute approximate surface area is 143 Å². The molecule has 0 amide bonds. The van der Waals surface area contributed by atoms with E-state index in [0.29, 0.717) is 5.75 Å². The van der Waals surface area contributed by atoms with Crippen LogP contribution in [0.25, 0.3) is 0 Å². The topological polar surface area (TPSA) is 69.9 Å². The molecule has 0 saturated heterocycles. The second kappa shape index (κ2) is 7.24. The SMILES string of the molecule is Cc1ccc(C(C)(C)c2ccc(C)c(OCC(O)CO)c2)cc1O. The van der Waals surface area contributed by atoms with Crippen molar-refractivity contribution >= 4 is 0 Å². The molecule has 0 saturated carbocycles. The average Bonchev–Trinajstić information content (AvgIpc) is 2.55. The Hall–Kier alpha value is -2.04. The average molecular weight is 330 g/mol. The summed E-state index contributed by atoms with van der Waals surface area (Å²) in [4.78, 5) is 0. The quantitative estimate of drug-likeness (QED) is 0.761. The van der Waals surface area contributed by atoms with E-state index in [2.05, 4.69) is 13.8 Å². The third-order valence-corrected chi connectivity index (χ3v) is 4.48. The molecule has 0 fully saturated rings. The van der Waals surface area contributed by atoms with Crippen LogP contribution in [0.2, 0.25) is 0 Å². The maximum Gasteiger partial charge on any atom is 0.122 e. The van der Waals surface area contributed by atoms with E-state index in [0.717, 1.165) is 22.3 Å². The normalized spacial score (nSPS) is 12.9. The number of ether oxygens (including phenoxy) is 1. The van der Waals surface area contributed by atoms with Gasteiger partial charge < -0.3 is 20.1 Å². The lowest BCUT2D eigenvalue weighted by Gasteiger charge is -2.27. The summed E-state index contributed by atoms with van der Waals surface area (Å²) in [6.45, 7) is 7.72. The van der Waals surface area contributed by atoms with Gasteiger partial charge in [0, 0.05) is 5.41 Å². The Morgan fingerprint density at radius 3 is 2.17 bits per heavy atom. The highest BCUT2D eigenvalue weighted by Crippen LogP contribution is 2.36. The molecule has 2 rings (SSSR count). The highest BCUT2D eigenvalue weighted by molar-refractivity contribution is 5.47. The smallest absolute Gasteiger partial charge is 0.122 e. The summed E-state index contributed by atoms with van der Waals surface area (Å²) in [5.74, 6) is 0.972. The maximum atomic E-state index is 10.0. The van der Waals surface area contributed by atoms with Crippen molar-refractivity contribution in [3.63, 3.8) is 0 Å². The predicted octanol–water partition coefficient (Wildman–Crippen LogP) is 3.07. The number of hydrogen-bond acceptors (Lipinski definition) is 4. The van der Waals surface area contributed by atoms with Gasteiger partial charge in [0.1, 0.15) is 24.2 Å². The molecule has 0 aromatic heterocycles. The van der Waals surface area contributed by atoms with E-state index in [4.69, 9.17) is 9.84 Å². The molecule has 0 spiro atoms. The summed E-state index contributed by atoms with van der Waals surface area (Å²) >= 11 is 0. The van der Waals surface area contributed by atoms with E-state index in [9.17, 15) is 10.2 Å². The van der Waals surface area contributed by atoms with Crippen LogP contribution in [0.3, 0.4) is 0 Å². The Bertz CT molecular complexity index is 707. The molecule has 0 radical (unpaired) electrons. The molecule has 4 heteroatoms. The fourth-order valence-corrected chi connectivity index (χ4v) is 2.55. The number of hydrogen-bond donors (Lipinski definition) is 3. The van der Waals surface area contributed by atoms with Gasteiger partial charge in [-0.05, 0) is 48.2 Å². The Morgan fingerprint density at radius 1 is 1.00 bits per heavy atom. The first-order chi connectivity index (χ1) is 11.3. The lowest BCUT2D eigenvalue weighted by Crippen LogP contribution is -2.22. The van der Waals surface area contributed by atoms with E-state index in [1.807, 2.05) is 44.2 Å². The van der Waals surface area contributed by atoms with Crippen molar-refractivity contribution in [2.75, 3.05) is 13.2 Å². The van der Waals surface area contributed by atoms with Gasteiger partial charge in [-0.25, -0.2) is 0 Å². The Kier molecular flexibility index (Phi) is 5.52. The summed E-state index contributed by atoms with van der Waals surface area (Å²) < 4.78 is 5.64. The van der Waals surface area contributed by atoms with Crippen LogP contribution >= 0.6 is 0 Å². The lowest BCUT2D eigenvalue weighted by molar-refractivity contribution is 0.0533. The summed E-state index contributed by atoms with van der Waals surface area (Å²) in [6.07, 6.45) is -0.893. The van der Waals surface area contributed by atoms with E-state index in [1.54, 1.807) is 6.07 Å². The third kappa shape index (κ3) is 3.89. The highest BCUT2D eigenvalue weighted by atomic mass is 16.5. The van der Waals surface area contributed by atoms with Gasteiger partial charge in [0.2, 0.25) is 0 Å². The Morgan fingerprint density at radius 2 is 1.58 bits per heavy atom. The molecule has 3 N–H and O–H groups in total. The van der Waals surface area contributed by atoms with Crippen molar-refractivity contribution in [3.8, 4) is 11.5 Å². The van der Waals surface area contributed by atoms with Crippen molar-refractivity contribution in [1.82, 2.24) is 0 Å². The van der Waals surface area contributed by atoms with Gasteiger partial charge in [-0.3, -0.25) is 0 Å². The van der Waals surface area contributed by atoms with Crippen molar-refractivity contribution < 1.29 is 20.1 Å². The summed E-state index contributed by atoms with van der Waals surface area (Å²) in [5.41, 5.74) is 3.56. The lowest BCUT2D eigenvalue weighted by atomic mass is 9.77. The molecule has 1 atom stereocenters. The molecular formula is C20H26O4. The number of phenols is 1. The fraction of sp³-hybridized carbons (Fsp3) is 0.400. The molecular weight excluding hydrogens is 304 g/mol. The van der Waals surface area contributed by atoms with Crippen molar-refractivity contribution in [2.24, 2.45) is 0 Å². The molecule has 4 nitrogen and oxygen atoms in total. The first-order valence-corrected chi connectivity index (χ1v) is 8.08. The van der Waals surface area contributed by atoms with Crippen LogP contribution in [-0.2, 0) is 5.41 Å². The summed E-state index contributed by atoms with van der Waals surface area (Å²) in [5, 5.41) is 28.4. The number of phenolic OH excluding ortho intramolecular Hbond substituents is 1. The van der Waals surface area contributed by atoms with Crippen LogP contribution < -0.4 is 4.74 Å². The van der Waals surface area contributed by atoms with Crippen LogP contribution in [0.4, 0.5) is 0 Å². The zero-order chi connectivity index (χ0) is 17.9. The molecule has 1 unspecified atom stereocenters. The van der Waals surface area contributed by atoms with E-state index >= 15 is 0 Å². The van der Waals surface area contributed by atoms with Gasteiger partial charge in [0.15, 0.2) is 0 Å². The van der Waals surface area contributed by atoms with Crippen LogP contribution in [-0.4, -0.2) is 34.6 Å². The minimum absolute atomic E-state index is 0.0482. The molecule has 0 heterocycles. The molecule has 24 heavy (non-hydrogen) atoms. The third-order valence-electron chi connectivity index (χ3n) is 4.48. The first kappa shape index (κ1) is 18.3. The number of aryl methyl sites for hydroxylation is 2. The summed E-state index contributed by atoms with van der Waals surface area (Å²) in [6, 6.07) is 11.7. The number of benzene rings is 2. The van der Waals surface area contributed by atoms with Crippen molar-refractivity contribution in [3.05, 3.63) is 58.7 Å². The molecule has 0 aliphatic rings. The minimum Gasteiger partial charge on any atom is -0.508 e. The standard InChI is InChI=1S/C20H26O4/c1-13-5-7-15(9-18(13)23)20(3,4)16-8-6-14(2)19(10-16)24-12-17(22)11-21/h5-10,17,21-23H,11-12H2,1-4H3. The van der Waals surface area contributed by atoms with Crippen LogP contribution in [0.5, 0.6) is 11.5 Å². The largest absolute Gasteiger partial charge is 0.508 e. The van der Waals surface area contributed by atoms with Crippen LogP contribution in [0.1, 0.15) is 36.1 Å². The predicted molar refractivity (Wildman–Crippen MR) is 94.7 cm³/mol. The van der Waals surface area contributed by atoms with Crippen molar-refractivity contribution in [2.45, 2.75) is 39.2 Å². The molecule has 0 bridgehead atoms. The van der Waals surface area contributed by atoms with Gasteiger partial charge in [-0.2, -0.15) is 0 Å². The van der Waals surface area contributed by atoms with Crippen LogP contribution in [0, 0.1) is 13.8 Å². The molecule has 130 valence electrons. The number of rotatable bonds is 6. The van der Waals surface area contributed by atoms with E-state index in [-0.39, 0.29) is 24.4 Å². The first-order valence-electron chi connectivity index (χ1n) is 8.08. The fourth-order valence-electron chi connectivity index (χ4n) is 2.55. The van der Waals surface area contributed by atoms with Gasteiger partial charge in [-0.15, -0.1) is 0 Å². The molecule has 0 aliphatic carbocycles. The second-order valence-electron chi connectivity index (χ2n) is 6.75. The zero-order valence-corrected chi connectivity index (χ0v) is 14.7.